The molecule has 2 aromatic carbocycles. The molecule has 0 fully saturated rings. The lowest BCUT2D eigenvalue weighted by Crippen LogP contribution is -2.24. The third kappa shape index (κ3) is 6.26. The molecule has 1 heterocycles. The van der Waals surface area contributed by atoms with Crippen LogP contribution in [-0.4, -0.2) is 17.6 Å². The Morgan fingerprint density at radius 3 is 2.43 bits per heavy atom. The number of rotatable bonds is 7. The van der Waals surface area contributed by atoms with Crippen LogP contribution in [0.15, 0.2) is 76.2 Å². The third-order valence-electron chi connectivity index (χ3n) is 4.51. The highest BCUT2D eigenvalue weighted by atomic mass is 32.2. The quantitative estimate of drug-likeness (QED) is 0.511. The second-order valence-corrected chi connectivity index (χ2v) is 9.02. The summed E-state index contributed by atoms with van der Waals surface area (Å²) in [6.07, 6.45) is 1.46. The molecule has 5 nitrogen and oxygen atoms in total. The number of benzene rings is 2. The predicted molar refractivity (Wildman–Crippen MR) is 121 cm³/mol. The van der Waals surface area contributed by atoms with E-state index in [1.54, 1.807) is 18.2 Å². The number of amides is 2. The Morgan fingerprint density at radius 1 is 1.00 bits per heavy atom. The Hall–Kier alpha value is -2.99. The lowest BCUT2D eigenvalue weighted by Gasteiger charge is -2.19. The number of carbonyl (C=O) groups excluding carboxylic acids is 2. The summed E-state index contributed by atoms with van der Waals surface area (Å²) >= 11 is 1.51. The summed E-state index contributed by atoms with van der Waals surface area (Å²) in [7, 11) is 0. The zero-order valence-electron chi connectivity index (χ0n) is 17.4. The zero-order chi connectivity index (χ0) is 21.6. The largest absolute Gasteiger partial charge is 0.459 e. The Balaban J connectivity index is 1.47. The van der Waals surface area contributed by atoms with E-state index in [2.05, 4.69) is 55.7 Å². The smallest absolute Gasteiger partial charge is 0.291 e. The van der Waals surface area contributed by atoms with Gasteiger partial charge in [-0.3, -0.25) is 9.59 Å². The first-order chi connectivity index (χ1) is 14.3. The molecule has 3 aromatic rings. The minimum atomic E-state index is -0.310. The van der Waals surface area contributed by atoms with Gasteiger partial charge in [0.2, 0.25) is 5.91 Å². The molecular formula is C24H26N2O3S. The summed E-state index contributed by atoms with van der Waals surface area (Å²) in [5.41, 5.74) is 2.94. The lowest BCUT2D eigenvalue weighted by molar-refractivity contribution is -0.118. The third-order valence-corrected chi connectivity index (χ3v) is 5.52. The van der Waals surface area contributed by atoms with E-state index >= 15 is 0 Å². The average Bonchev–Trinajstić information content (AvgIpc) is 3.26. The molecule has 0 aliphatic carbocycles. The van der Waals surface area contributed by atoms with Crippen LogP contribution in [0.25, 0.3) is 0 Å². The summed E-state index contributed by atoms with van der Waals surface area (Å²) in [5, 5.41) is 5.71. The standard InChI is InChI=1S/C24H26N2O3S/c1-24(2,3)18-9-11-20(12-10-18)30-16-22(27)25-15-17-6-4-7-19(14-17)26-23(28)21-8-5-13-29-21/h4-14H,15-16H2,1-3H3,(H,25,27)(H,26,28). The number of furan rings is 1. The molecule has 0 aliphatic rings. The first-order valence-corrected chi connectivity index (χ1v) is 10.7. The SMILES string of the molecule is CC(C)(C)c1ccc(SCC(=O)NCc2cccc(NC(=O)c3ccco3)c2)cc1. The van der Waals surface area contributed by atoms with E-state index in [4.69, 9.17) is 4.42 Å². The van der Waals surface area contributed by atoms with Gasteiger partial charge in [0.25, 0.3) is 5.91 Å². The van der Waals surface area contributed by atoms with Crippen molar-refractivity contribution in [2.75, 3.05) is 11.1 Å². The number of thioether (sulfide) groups is 1. The number of carbonyl (C=O) groups is 2. The van der Waals surface area contributed by atoms with Gasteiger partial charge in [0.05, 0.1) is 12.0 Å². The fourth-order valence-corrected chi connectivity index (χ4v) is 3.54. The first-order valence-electron chi connectivity index (χ1n) is 9.75. The summed E-state index contributed by atoms with van der Waals surface area (Å²) in [4.78, 5) is 25.4. The van der Waals surface area contributed by atoms with Crippen LogP contribution in [0.4, 0.5) is 5.69 Å². The molecular weight excluding hydrogens is 396 g/mol. The predicted octanol–water partition coefficient (Wildman–Crippen LogP) is 5.24. The van der Waals surface area contributed by atoms with Crippen molar-refractivity contribution in [3.05, 3.63) is 83.8 Å². The second-order valence-electron chi connectivity index (χ2n) is 7.97. The zero-order valence-corrected chi connectivity index (χ0v) is 18.2. The van der Waals surface area contributed by atoms with Crippen LogP contribution >= 0.6 is 11.8 Å². The fourth-order valence-electron chi connectivity index (χ4n) is 2.81. The van der Waals surface area contributed by atoms with Gasteiger partial charge in [-0.15, -0.1) is 11.8 Å². The van der Waals surface area contributed by atoms with E-state index in [-0.39, 0.29) is 23.0 Å². The molecule has 0 bridgehead atoms. The van der Waals surface area contributed by atoms with Crippen molar-refractivity contribution >= 4 is 29.3 Å². The Kier molecular flexibility index (Phi) is 7.00. The molecule has 1 aromatic heterocycles. The van der Waals surface area contributed by atoms with E-state index in [1.165, 1.54) is 23.6 Å². The molecule has 0 unspecified atom stereocenters. The van der Waals surface area contributed by atoms with E-state index < -0.39 is 0 Å². The molecule has 6 heteroatoms. The van der Waals surface area contributed by atoms with Gasteiger partial charge >= 0.3 is 0 Å². The maximum Gasteiger partial charge on any atom is 0.291 e. The highest BCUT2D eigenvalue weighted by molar-refractivity contribution is 8.00. The molecule has 0 saturated heterocycles. The summed E-state index contributed by atoms with van der Waals surface area (Å²) in [6.45, 7) is 6.94. The van der Waals surface area contributed by atoms with Crippen LogP contribution in [0.3, 0.4) is 0 Å². The normalized spacial score (nSPS) is 11.2. The molecule has 3 rings (SSSR count). The summed E-state index contributed by atoms with van der Waals surface area (Å²) in [6, 6.07) is 19.0. The van der Waals surface area contributed by atoms with Crippen LogP contribution in [-0.2, 0) is 16.8 Å². The first kappa shape index (κ1) is 21.7. The van der Waals surface area contributed by atoms with Crippen molar-refractivity contribution < 1.29 is 14.0 Å². The van der Waals surface area contributed by atoms with E-state index in [1.807, 2.05) is 18.2 Å². The van der Waals surface area contributed by atoms with Gasteiger partial charge in [-0.05, 0) is 52.9 Å². The van der Waals surface area contributed by atoms with Crippen molar-refractivity contribution in [2.45, 2.75) is 37.6 Å². The van der Waals surface area contributed by atoms with Gasteiger partial charge in [0.1, 0.15) is 0 Å². The topological polar surface area (TPSA) is 71.3 Å². The van der Waals surface area contributed by atoms with Gasteiger partial charge in [0.15, 0.2) is 5.76 Å². The molecule has 0 radical (unpaired) electrons. The Morgan fingerprint density at radius 2 is 1.77 bits per heavy atom. The number of nitrogens with one attached hydrogen (secondary N) is 2. The number of hydrogen-bond donors (Lipinski definition) is 2. The molecule has 0 atom stereocenters. The van der Waals surface area contributed by atoms with Crippen molar-refractivity contribution in [1.29, 1.82) is 0 Å². The molecule has 156 valence electrons. The maximum atomic E-state index is 12.2. The van der Waals surface area contributed by atoms with E-state index in [0.29, 0.717) is 18.0 Å². The summed E-state index contributed by atoms with van der Waals surface area (Å²) in [5.74, 6) is 0.255. The Labute approximate surface area is 181 Å². The fraction of sp³-hybridized carbons (Fsp3) is 0.250. The number of hydrogen-bond acceptors (Lipinski definition) is 4. The molecule has 30 heavy (non-hydrogen) atoms. The highest BCUT2D eigenvalue weighted by Gasteiger charge is 2.13. The molecule has 2 amide bonds. The van der Waals surface area contributed by atoms with Gasteiger partial charge in [-0.1, -0.05) is 45.0 Å². The average molecular weight is 423 g/mol. The van der Waals surface area contributed by atoms with Crippen molar-refractivity contribution in [3.63, 3.8) is 0 Å². The molecule has 0 saturated carbocycles. The monoisotopic (exact) mass is 422 g/mol. The Bertz CT molecular complexity index is 990. The van der Waals surface area contributed by atoms with Crippen LogP contribution in [0.5, 0.6) is 0 Å². The molecule has 0 aliphatic heterocycles. The van der Waals surface area contributed by atoms with Crippen LogP contribution in [0.1, 0.15) is 42.5 Å². The summed E-state index contributed by atoms with van der Waals surface area (Å²) < 4.78 is 5.09. The minimum Gasteiger partial charge on any atom is -0.459 e. The molecule has 2 N–H and O–H groups in total. The maximum absolute atomic E-state index is 12.2. The van der Waals surface area contributed by atoms with Gasteiger partial charge in [-0.2, -0.15) is 0 Å². The van der Waals surface area contributed by atoms with Crippen LogP contribution in [0.2, 0.25) is 0 Å². The molecule has 0 spiro atoms. The van der Waals surface area contributed by atoms with Crippen LogP contribution in [0, 0.1) is 0 Å². The van der Waals surface area contributed by atoms with Gasteiger partial charge in [-0.25, -0.2) is 0 Å². The minimum absolute atomic E-state index is 0.0371. The van der Waals surface area contributed by atoms with Gasteiger partial charge in [0, 0.05) is 17.1 Å². The number of anilines is 1. The van der Waals surface area contributed by atoms with Gasteiger partial charge < -0.3 is 15.1 Å². The van der Waals surface area contributed by atoms with E-state index in [0.717, 1.165) is 10.5 Å². The van der Waals surface area contributed by atoms with E-state index in [9.17, 15) is 9.59 Å². The van der Waals surface area contributed by atoms with Crippen LogP contribution < -0.4 is 10.6 Å². The van der Waals surface area contributed by atoms with Crippen molar-refractivity contribution in [2.24, 2.45) is 0 Å². The second kappa shape index (κ2) is 9.67. The highest BCUT2D eigenvalue weighted by Crippen LogP contribution is 2.25. The lowest BCUT2D eigenvalue weighted by atomic mass is 9.87. The van der Waals surface area contributed by atoms with Crippen molar-refractivity contribution in [3.8, 4) is 0 Å². The van der Waals surface area contributed by atoms with Crippen molar-refractivity contribution in [1.82, 2.24) is 5.32 Å².